The fourth-order valence-corrected chi connectivity index (χ4v) is 7.23. The van der Waals surface area contributed by atoms with Gasteiger partial charge in [0.2, 0.25) is 5.78 Å². The zero-order chi connectivity index (χ0) is 23.0. The number of Topliss-reactive ketones (excluding diaryl/α,β-unsaturated/α-hetero) is 1. The van der Waals surface area contributed by atoms with Crippen molar-refractivity contribution < 1.29 is 33.7 Å². The van der Waals surface area contributed by atoms with Crippen molar-refractivity contribution in [1.82, 2.24) is 0 Å². The molecular weight excluding hydrogens is 403 g/mol. The van der Waals surface area contributed by atoms with E-state index in [0.29, 0.717) is 18.4 Å². The first-order valence-corrected chi connectivity index (χ1v) is 11.0. The van der Waals surface area contributed by atoms with Gasteiger partial charge in [0.25, 0.3) is 0 Å². The molecule has 4 rings (SSSR count). The van der Waals surface area contributed by atoms with Gasteiger partial charge in [0.05, 0.1) is 6.10 Å². The zero-order valence-corrected chi connectivity index (χ0v) is 18.5. The van der Waals surface area contributed by atoms with Crippen molar-refractivity contribution in [3.63, 3.8) is 0 Å². The Kier molecular flexibility index (Phi) is 4.91. The lowest BCUT2D eigenvalue weighted by Gasteiger charge is -2.61. The number of ether oxygens (including phenoxy) is 1. The molecule has 0 aromatic rings. The molecule has 4 aliphatic rings. The van der Waals surface area contributed by atoms with Crippen LogP contribution in [0.15, 0.2) is 23.8 Å². The largest absolute Gasteiger partial charge is 0.458 e. The summed E-state index contributed by atoms with van der Waals surface area (Å²) in [4.78, 5) is 36.2. The van der Waals surface area contributed by atoms with Crippen LogP contribution < -0.4 is 0 Å². The van der Waals surface area contributed by atoms with E-state index in [9.17, 15) is 24.6 Å². The Hall–Kier alpha value is -1.86. The van der Waals surface area contributed by atoms with Crippen molar-refractivity contribution in [2.75, 3.05) is 6.61 Å². The quantitative estimate of drug-likeness (QED) is 0.662. The van der Waals surface area contributed by atoms with Crippen LogP contribution in [-0.2, 0) is 19.1 Å². The Morgan fingerprint density at radius 2 is 2.00 bits per heavy atom. The molecule has 6 nitrogen and oxygen atoms in total. The normalized spacial score (nSPS) is 48.4. The van der Waals surface area contributed by atoms with Gasteiger partial charge >= 0.3 is 5.97 Å². The van der Waals surface area contributed by atoms with Gasteiger partial charge in [-0.15, -0.1) is 0 Å². The maximum Gasteiger partial charge on any atom is 0.303 e. The Balaban J connectivity index is 1.79. The standard InChI is InChI=1S/C24H31FO6/c1-13-9-18-17-6-5-15-10-16(27)7-8-21(15,3)23(17,25)19(28)11-22(18,4)24(13,30)20(29)12-31-14(2)26/h5-6,10,13,17-19,28,30H,7-9,11-12H2,1-4H3/t13-,17-,18-,19-,21-,22-,23-,24-/m0/s1. The number of hydrogen-bond donors (Lipinski definition) is 2. The molecule has 2 fully saturated rings. The molecule has 0 aromatic carbocycles. The Morgan fingerprint density at radius 1 is 1.32 bits per heavy atom. The van der Waals surface area contributed by atoms with E-state index in [2.05, 4.69) is 0 Å². The average molecular weight is 435 g/mol. The fourth-order valence-electron chi connectivity index (χ4n) is 7.23. The Bertz CT molecular complexity index is 910. The number of rotatable bonds is 3. The first-order valence-electron chi connectivity index (χ1n) is 11.0. The van der Waals surface area contributed by atoms with Crippen LogP contribution in [0.4, 0.5) is 4.39 Å². The molecular formula is C24H31FO6. The van der Waals surface area contributed by atoms with Crippen LogP contribution in [0.1, 0.15) is 53.4 Å². The fraction of sp³-hybridized carbons (Fsp3) is 0.708. The molecule has 0 saturated heterocycles. The molecule has 0 radical (unpaired) electrons. The van der Waals surface area contributed by atoms with Crippen LogP contribution in [0.3, 0.4) is 0 Å². The van der Waals surface area contributed by atoms with E-state index in [1.54, 1.807) is 32.9 Å². The maximum atomic E-state index is 17.0. The number of ketones is 2. The van der Waals surface area contributed by atoms with Gasteiger partial charge in [-0.2, -0.15) is 0 Å². The second kappa shape index (κ2) is 6.82. The van der Waals surface area contributed by atoms with Gasteiger partial charge in [-0.3, -0.25) is 14.4 Å². The molecule has 0 unspecified atom stereocenters. The molecule has 7 heteroatoms. The lowest BCUT2D eigenvalue weighted by molar-refractivity contribution is -0.213. The lowest BCUT2D eigenvalue weighted by atomic mass is 9.45. The molecule has 0 heterocycles. The highest BCUT2D eigenvalue weighted by molar-refractivity contribution is 5.93. The summed E-state index contributed by atoms with van der Waals surface area (Å²) < 4.78 is 21.9. The van der Waals surface area contributed by atoms with Crippen LogP contribution in [0.25, 0.3) is 0 Å². The average Bonchev–Trinajstić information content (AvgIpc) is 2.89. The third-order valence-electron chi connectivity index (χ3n) is 9.02. The van der Waals surface area contributed by atoms with E-state index in [0.717, 1.165) is 0 Å². The summed E-state index contributed by atoms with van der Waals surface area (Å²) in [6.45, 7) is 5.89. The van der Waals surface area contributed by atoms with Crippen molar-refractivity contribution in [3.8, 4) is 0 Å². The number of esters is 1. The van der Waals surface area contributed by atoms with Gasteiger partial charge in [0.15, 0.2) is 18.1 Å². The van der Waals surface area contributed by atoms with E-state index < -0.39 is 64.3 Å². The molecule has 0 spiro atoms. The summed E-state index contributed by atoms with van der Waals surface area (Å²) in [5.41, 5.74) is -5.37. The molecule has 0 aliphatic heterocycles. The number of hydrogen-bond acceptors (Lipinski definition) is 6. The summed E-state index contributed by atoms with van der Waals surface area (Å²) in [6, 6.07) is 0. The summed E-state index contributed by atoms with van der Waals surface area (Å²) in [5, 5.41) is 22.9. The maximum absolute atomic E-state index is 17.0. The SMILES string of the molecule is CC(=O)OCC(=O)[C@@]1(O)[C@@H](C)C[C@H]2[C@@H]3C=CC4=CC(=O)CC[C@]4(C)[C@@]3(F)[C@@H](O)C[C@@]21C. The second-order valence-corrected chi connectivity index (χ2v) is 10.4. The lowest BCUT2D eigenvalue weighted by Crippen LogP contribution is -2.69. The number of aliphatic hydroxyl groups is 2. The summed E-state index contributed by atoms with van der Waals surface area (Å²) in [7, 11) is 0. The van der Waals surface area contributed by atoms with E-state index >= 15 is 4.39 Å². The minimum atomic E-state index is -2.01. The van der Waals surface area contributed by atoms with Crippen molar-refractivity contribution in [2.24, 2.45) is 28.6 Å². The highest BCUT2D eigenvalue weighted by Gasteiger charge is 2.75. The number of aliphatic hydroxyl groups excluding tert-OH is 1. The molecule has 8 atom stereocenters. The van der Waals surface area contributed by atoms with Crippen molar-refractivity contribution in [2.45, 2.75) is 70.8 Å². The topological polar surface area (TPSA) is 101 Å². The molecule has 0 aromatic heterocycles. The molecule has 4 aliphatic carbocycles. The smallest absolute Gasteiger partial charge is 0.303 e. The van der Waals surface area contributed by atoms with Crippen LogP contribution in [0, 0.1) is 28.6 Å². The van der Waals surface area contributed by atoms with Crippen LogP contribution in [0.5, 0.6) is 0 Å². The minimum absolute atomic E-state index is 0.0470. The third kappa shape index (κ3) is 2.65. The van der Waals surface area contributed by atoms with Gasteiger partial charge in [-0.1, -0.05) is 32.9 Å². The number of halogens is 1. The first kappa shape index (κ1) is 22.3. The van der Waals surface area contributed by atoms with Crippen LogP contribution >= 0.6 is 0 Å². The third-order valence-corrected chi connectivity index (χ3v) is 9.02. The van der Waals surface area contributed by atoms with E-state index in [1.807, 2.05) is 0 Å². The number of carbonyl (C=O) groups excluding carboxylic acids is 3. The van der Waals surface area contributed by atoms with Gasteiger partial charge in [0.1, 0.15) is 5.60 Å². The number of fused-ring (bicyclic) bond motifs is 5. The first-order chi connectivity index (χ1) is 14.3. The van der Waals surface area contributed by atoms with Gasteiger partial charge < -0.3 is 14.9 Å². The van der Waals surface area contributed by atoms with Crippen molar-refractivity contribution in [3.05, 3.63) is 23.8 Å². The van der Waals surface area contributed by atoms with Gasteiger partial charge in [0, 0.05) is 30.1 Å². The van der Waals surface area contributed by atoms with Gasteiger partial charge in [-0.05, 0) is 42.7 Å². The number of alkyl halides is 1. The Morgan fingerprint density at radius 3 is 2.65 bits per heavy atom. The van der Waals surface area contributed by atoms with Crippen LogP contribution in [0.2, 0.25) is 0 Å². The second-order valence-electron chi connectivity index (χ2n) is 10.4. The number of carbonyl (C=O) groups is 3. The highest BCUT2D eigenvalue weighted by atomic mass is 19.1. The van der Waals surface area contributed by atoms with Crippen LogP contribution in [-0.4, -0.2) is 51.7 Å². The monoisotopic (exact) mass is 434 g/mol. The summed E-state index contributed by atoms with van der Waals surface area (Å²) >= 11 is 0. The van der Waals surface area contributed by atoms with E-state index in [4.69, 9.17) is 4.74 Å². The van der Waals surface area contributed by atoms with E-state index in [-0.39, 0.29) is 18.6 Å². The predicted molar refractivity (Wildman–Crippen MR) is 109 cm³/mol. The molecule has 2 N–H and O–H groups in total. The molecule has 2 saturated carbocycles. The predicted octanol–water partition coefficient (Wildman–Crippen LogP) is 2.47. The zero-order valence-electron chi connectivity index (χ0n) is 18.5. The molecule has 0 bridgehead atoms. The molecule has 0 amide bonds. The summed E-state index contributed by atoms with van der Waals surface area (Å²) in [5.74, 6) is -2.89. The number of allylic oxidation sites excluding steroid dienone is 4. The Labute approximate surface area is 181 Å². The molecule has 170 valence electrons. The van der Waals surface area contributed by atoms with Crippen molar-refractivity contribution >= 4 is 17.5 Å². The van der Waals surface area contributed by atoms with Crippen molar-refractivity contribution in [1.29, 1.82) is 0 Å². The molecule has 31 heavy (non-hydrogen) atoms. The van der Waals surface area contributed by atoms with E-state index in [1.165, 1.54) is 13.0 Å². The van der Waals surface area contributed by atoms with Gasteiger partial charge in [-0.25, -0.2) is 4.39 Å². The summed E-state index contributed by atoms with van der Waals surface area (Å²) in [6.07, 6.45) is 4.38. The minimum Gasteiger partial charge on any atom is -0.458 e. The highest BCUT2D eigenvalue weighted by Crippen LogP contribution is 2.69.